The van der Waals surface area contributed by atoms with Gasteiger partial charge in [0.1, 0.15) is 35.0 Å². The van der Waals surface area contributed by atoms with Gasteiger partial charge in [0.2, 0.25) is 0 Å². The molecule has 0 spiro atoms. The first-order chi connectivity index (χ1) is 33.2. The maximum absolute atomic E-state index is 13.9. The van der Waals surface area contributed by atoms with Gasteiger partial charge in [-0.25, -0.2) is 19.6 Å². The number of unbranched alkanes of at least 4 members (excludes halogenated alkanes) is 2. The molecule has 0 saturated carbocycles. The predicted octanol–water partition coefficient (Wildman–Crippen LogP) is 7.78. The van der Waals surface area contributed by atoms with Gasteiger partial charge in [0.05, 0.1) is 29.1 Å². The van der Waals surface area contributed by atoms with Gasteiger partial charge in [0.25, 0.3) is 11.8 Å². The quantitative estimate of drug-likeness (QED) is 0.0244. The summed E-state index contributed by atoms with van der Waals surface area (Å²) in [5, 5.41) is 22.6. The van der Waals surface area contributed by atoms with Crippen molar-refractivity contribution in [2.24, 2.45) is 16.8 Å². The van der Waals surface area contributed by atoms with Crippen LogP contribution in [0.5, 0.6) is 17.2 Å². The normalized spacial score (nSPS) is 16.0. The highest BCUT2D eigenvalue weighted by atomic mass is 32.1. The fourth-order valence-corrected chi connectivity index (χ4v) is 9.96. The zero-order valence-corrected chi connectivity index (χ0v) is 39.3. The number of benzene rings is 4. The lowest BCUT2D eigenvalue weighted by Crippen LogP contribution is -2.45. The van der Waals surface area contributed by atoms with Crippen molar-refractivity contribution in [3.8, 4) is 17.2 Å². The van der Waals surface area contributed by atoms with Crippen molar-refractivity contribution in [3.05, 3.63) is 113 Å². The van der Waals surface area contributed by atoms with Crippen LogP contribution in [0.25, 0.3) is 10.2 Å². The average Bonchev–Trinajstić information content (AvgIpc) is 4.00. The van der Waals surface area contributed by atoms with Gasteiger partial charge in [-0.3, -0.25) is 9.59 Å². The zero-order valence-electron chi connectivity index (χ0n) is 38.5. The lowest BCUT2D eigenvalue weighted by Gasteiger charge is -2.22. The Labute approximate surface area is 401 Å². The number of nitrogens with one attached hydrogen (secondary N) is 4. The molecule has 0 aliphatic carbocycles. The molecule has 14 nitrogen and oxygen atoms in total. The monoisotopic (exact) mass is 942 g/mol. The van der Waals surface area contributed by atoms with Crippen molar-refractivity contribution in [2.45, 2.75) is 95.6 Å². The number of amides is 2. The number of ether oxygens (including phenoxy) is 3. The number of nitrogens with zero attached hydrogens (tertiary/aromatic N) is 2. The Morgan fingerprint density at radius 1 is 0.676 bits per heavy atom. The van der Waals surface area contributed by atoms with Crippen LogP contribution in [0.3, 0.4) is 0 Å². The van der Waals surface area contributed by atoms with Crippen LogP contribution in [0.4, 0.5) is 5.69 Å². The van der Waals surface area contributed by atoms with Gasteiger partial charge in [0, 0.05) is 19.3 Å². The number of aliphatic carboxylic acids is 1. The molecule has 2 amide bonds. The Balaban J connectivity index is 0.836. The minimum Gasteiger partial charge on any atom is -0.494 e. The topological polar surface area (TPSA) is 190 Å². The maximum Gasteiger partial charge on any atom is 0.334 e. The van der Waals surface area contributed by atoms with Crippen LogP contribution >= 0.6 is 11.3 Å². The molecule has 4 aromatic carbocycles. The highest BCUT2D eigenvalue weighted by Crippen LogP contribution is 2.31. The van der Waals surface area contributed by atoms with E-state index in [0.29, 0.717) is 30.0 Å². The lowest BCUT2D eigenvalue weighted by atomic mass is 9.93. The van der Waals surface area contributed by atoms with Gasteiger partial charge in [-0.15, -0.1) is 11.3 Å². The van der Waals surface area contributed by atoms with E-state index in [9.17, 15) is 24.3 Å². The number of carbonyl (C=O) groups excluding carboxylic acids is 3. The largest absolute Gasteiger partial charge is 0.494 e. The lowest BCUT2D eigenvalue weighted by molar-refractivity contribution is -0.141. The highest BCUT2D eigenvalue weighted by molar-refractivity contribution is 7.20. The Hall–Kier alpha value is -6.16. The number of para-hydroxylation sites is 1. The molecule has 2 unspecified atom stereocenters. The van der Waals surface area contributed by atoms with E-state index in [-0.39, 0.29) is 35.7 Å². The number of fused-ring (bicyclic) bond motifs is 2. The van der Waals surface area contributed by atoms with E-state index < -0.39 is 35.8 Å². The van der Waals surface area contributed by atoms with Crippen LogP contribution in [0.15, 0.2) is 96.0 Å². The molecule has 2 fully saturated rings. The summed E-state index contributed by atoms with van der Waals surface area (Å²) in [6.07, 6.45) is 12.0. The molecule has 1 aromatic heterocycles. The number of carboxylic acid groups (broad SMARTS) is 1. The van der Waals surface area contributed by atoms with Gasteiger partial charge in [0.15, 0.2) is 5.01 Å². The summed E-state index contributed by atoms with van der Waals surface area (Å²) in [6.45, 7) is 5.69. The number of piperidine rings is 2. The second-order valence-electron chi connectivity index (χ2n) is 18.1. The van der Waals surface area contributed by atoms with Crippen molar-refractivity contribution < 1.29 is 38.5 Å². The molecular weight excluding hydrogens is 881 g/mol. The SMILES string of the molecule is O=C(NC(Cc1ccc(OCCCCC2CCNCC2)cc1)C(=O)O)C1=Nc2ccc(OC(=O)C(Cc3ccc(OCCCCC4CCNCC4)cc3)NC(=O)c3nc4ccccc4s3)cc2C1. The standard InChI is InChI=1S/C53H62N6O8S/c60-49(57-46(52(62)63)31-37-11-15-40(16-12-37)65-29-5-3-7-35-21-25-54-26-22-35)45-34-39-33-42(19-20-43(39)56-45)67-53(64)47(58-50(61)51-59-44-9-1-2-10-48(44)68-51)32-38-13-17-41(18-14-38)66-30-6-4-8-36-23-27-55-28-24-36/h1-2,9-20,33,35-36,46-47,54-55H,3-8,21-32,34H2,(H,57,60)(H,58,61)(H,62,63). The van der Waals surface area contributed by atoms with Gasteiger partial charge >= 0.3 is 11.9 Å². The third-order valence-corrected chi connectivity index (χ3v) is 14.1. The van der Waals surface area contributed by atoms with Gasteiger partial charge in [-0.1, -0.05) is 49.2 Å². The molecule has 0 bridgehead atoms. The molecule has 4 heterocycles. The van der Waals surface area contributed by atoms with Crippen LogP contribution in [0.1, 0.15) is 90.7 Å². The molecular formula is C53H62N6O8S. The molecule has 0 radical (unpaired) electrons. The summed E-state index contributed by atoms with van der Waals surface area (Å²) >= 11 is 1.24. The van der Waals surface area contributed by atoms with Crippen LogP contribution < -0.4 is 35.5 Å². The van der Waals surface area contributed by atoms with Crippen molar-refractivity contribution in [1.82, 2.24) is 26.3 Å². The Morgan fingerprint density at radius 2 is 1.24 bits per heavy atom. The molecule has 8 rings (SSSR count). The van der Waals surface area contributed by atoms with Gasteiger partial charge in [-0.2, -0.15) is 0 Å². The Morgan fingerprint density at radius 3 is 1.82 bits per heavy atom. The van der Waals surface area contributed by atoms with E-state index in [4.69, 9.17) is 14.2 Å². The first-order valence-corrected chi connectivity index (χ1v) is 25.0. The van der Waals surface area contributed by atoms with Crippen molar-refractivity contribution in [3.63, 3.8) is 0 Å². The summed E-state index contributed by atoms with van der Waals surface area (Å²) in [6, 6.07) is 24.9. The zero-order chi connectivity index (χ0) is 47.1. The minimum absolute atomic E-state index is 0.0748. The number of carboxylic acids is 1. The first kappa shape index (κ1) is 48.3. The maximum atomic E-state index is 13.9. The van der Waals surface area contributed by atoms with Gasteiger partial charge < -0.3 is 40.6 Å². The smallest absolute Gasteiger partial charge is 0.334 e. The number of rotatable bonds is 23. The predicted molar refractivity (Wildman–Crippen MR) is 263 cm³/mol. The summed E-state index contributed by atoms with van der Waals surface area (Å²) in [5.41, 5.74) is 3.50. The minimum atomic E-state index is -1.19. The summed E-state index contributed by atoms with van der Waals surface area (Å²) < 4.78 is 18.7. The Bertz CT molecular complexity index is 2480. The fraction of sp³-hybridized carbons (Fsp3) is 0.434. The van der Waals surface area contributed by atoms with Crippen molar-refractivity contribution in [1.29, 1.82) is 0 Å². The number of thiazole rings is 1. The molecule has 15 heteroatoms. The summed E-state index contributed by atoms with van der Waals surface area (Å²) in [7, 11) is 0. The van der Waals surface area contributed by atoms with Crippen LogP contribution in [-0.2, 0) is 33.6 Å². The van der Waals surface area contributed by atoms with Crippen LogP contribution in [-0.4, -0.2) is 91.0 Å². The van der Waals surface area contributed by atoms with E-state index in [1.165, 1.54) is 49.9 Å². The molecule has 5 N–H and O–H groups in total. The number of carbonyl (C=O) groups is 4. The van der Waals surface area contributed by atoms with E-state index in [1.807, 2.05) is 72.8 Å². The number of aliphatic imine (C=N–C) groups is 1. The third-order valence-electron chi connectivity index (χ3n) is 13.0. The van der Waals surface area contributed by atoms with Crippen molar-refractivity contribution >= 4 is 56.7 Å². The molecule has 3 aliphatic heterocycles. The van der Waals surface area contributed by atoms with E-state index in [2.05, 4.69) is 31.2 Å². The second kappa shape index (κ2) is 24.2. The molecule has 2 saturated heterocycles. The van der Waals surface area contributed by atoms with Gasteiger partial charge in [-0.05, 0) is 161 Å². The number of hydrogen-bond acceptors (Lipinski definition) is 12. The van der Waals surface area contributed by atoms with E-state index in [0.717, 1.165) is 91.0 Å². The molecule has 5 aromatic rings. The average molecular weight is 943 g/mol. The fourth-order valence-electron chi connectivity index (χ4n) is 9.09. The number of aromatic nitrogens is 1. The van der Waals surface area contributed by atoms with E-state index >= 15 is 0 Å². The van der Waals surface area contributed by atoms with E-state index in [1.54, 1.807) is 18.2 Å². The second-order valence-corrected chi connectivity index (χ2v) is 19.1. The summed E-state index contributed by atoms with van der Waals surface area (Å²) in [4.78, 5) is 62.2. The van der Waals surface area contributed by atoms with Crippen LogP contribution in [0, 0.1) is 11.8 Å². The number of hydrogen-bond donors (Lipinski definition) is 5. The molecule has 358 valence electrons. The van der Waals surface area contributed by atoms with Crippen LogP contribution in [0.2, 0.25) is 0 Å². The van der Waals surface area contributed by atoms with Crippen molar-refractivity contribution in [2.75, 3.05) is 39.4 Å². The highest BCUT2D eigenvalue weighted by Gasteiger charge is 2.29. The number of esters is 1. The molecule has 3 aliphatic rings. The first-order valence-electron chi connectivity index (χ1n) is 24.2. The summed E-state index contributed by atoms with van der Waals surface area (Å²) in [5.74, 6) is 0.318. The Kier molecular flexibility index (Phi) is 17.2. The molecule has 2 atom stereocenters. The third kappa shape index (κ3) is 14.0. The molecule has 68 heavy (non-hydrogen) atoms.